The summed E-state index contributed by atoms with van der Waals surface area (Å²) < 4.78 is 20.0. The molecule has 8 nitrogen and oxygen atoms in total. The Kier molecular flexibility index (Phi) is 6.92. The number of alkyl halides is 1. The van der Waals surface area contributed by atoms with E-state index in [2.05, 4.69) is 10.3 Å². The van der Waals surface area contributed by atoms with Crippen LogP contribution in [-0.2, 0) is 6.54 Å². The summed E-state index contributed by atoms with van der Waals surface area (Å²) in [7, 11) is 3.60. The van der Waals surface area contributed by atoms with Crippen LogP contribution in [0.5, 0.6) is 5.88 Å². The molecule has 0 radical (unpaired) electrons. The van der Waals surface area contributed by atoms with Gasteiger partial charge in [0.1, 0.15) is 11.9 Å². The van der Waals surface area contributed by atoms with Crippen LogP contribution in [0.1, 0.15) is 54.1 Å². The number of hydrogen-bond acceptors (Lipinski definition) is 6. The zero-order valence-corrected chi connectivity index (χ0v) is 19.8. The third kappa shape index (κ3) is 5.60. The van der Waals surface area contributed by atoms with Gasteiger partial charge in [-0.3, -0.25) is 9.59 Å². The number of fused-ring (bicyclic) bond motifs is 1. The number of pyridine rings is 1. The van der Waals surface area contributed by atoms with Gasteiger partial charge in [0.15, 0.2) is 0 Å². The highest BCUT2D eigenvalue weighted by Crippen LogP contribution is 2.34. The Morgan fingerprint density at radius 1 is 1.33 bits per heavy atom. The lowest BCUT2D eigenvalue weighted by atomic mass is 10.0. The maximum Gasteiger partial charge on any atom is 0.274 e. The van der Waals surface area contributed by atoms with Gasteiger partial charge in [-0.05, 0) is 51.5 Å². The van der Waals surface area contributed by atoms with E-state index in [1.807, 2.05) is 13.8 Å². The van der Waals surface area contributed by atoms with Crippen molar-refractivity contribution in [3.63, 3.8) is 0 Å². The molecule has 1 aliphatic rings. The molecule has 1 atom stereocenters. The zero-order chi connectivity index (χ0) is 24.5. The van der Waals surface area contributed by atoms with Crippen LogP contribution in [0, 0.1) is 0 Å². The molecule has 0 spiro atoms. The number of ether oxygens (including phenoxy) is 1. The highest BCUT2D eigenvalue weighted by atomic mass is 19.1. The van der Waals surface area contributed by atoms with E-state index < -0.39 is 17.7 Å². The van der Waals surface area contributed by atoms with Crippen LogP contribution in [0.4, 0.5) is 15.8 Å². The number of benzene rings is 1. The maximum atomic E-state index is 14.4. The first-order valence-electron chi connectivity index (χ1n) is 10.8. The Morgan fingerprint density at radius 3 is 2.64 bits per heavy atom. The summed E-state index contributed by atoms with van der Waals surface area (Å²) in [5, 5.41) is 12.8. The second-order valence-corrected chi connectivity index (χ2v) is 9.21. The fraction of sp³-hybridized carbons (Fsp3) is 0.458. The molecule has 2 N–H and O–H groups in total. The number of amides is 2. The summed E-state index contributed by atoms with van der Waals surface area (Å²) in [4.78, 5) is 33.2. The monoisotopic (exact) mass is 458 g/mol. The number of halogens is 1. The predicted molar refractivity (Wildman–Crippen MR) is 125 cm³/mol. The van der Waals surface area contributed by atoms with Crippen LogP contribution < -0.4 is 15.0 Å². The molecule has 2 amide bonds. The molecule has 2 heterocycles. The molecule has 0 bridgehead atoms. The lowest BCUT2D eigenvalue weighted by molar-refractivity contribution is -0.0159. The Balaban J connectivity index is 1.86. The van der Waals surface area contributed by atoms with Crippen molar-refractivity contribution in [2.24, 2.45) is 0 Å². The molecule has 1 unspecified atom stereocenters. The highest BCUT2D eigenvalue weighted by molar-refractivity contribution is 6.06. The van der Waals surface area contributed by atoms with Crippen LogP contribution in [0.15, 0.2) is 30.3 Å². The van der Waals surface area contributed by atoms with Gasteiger partial charge in [-0.2, -0.15) is 0 Å². The first-order valence-corrected chi connectivity index (χ1v) is 10.8. The van der Waals surface area contributed by atoms with Crippen LogP contribution in [0.25, 0.3) is 0 Å². The predicted octanol–water partition coefficient (Wildman–Crippen LogP) is 3.25. The third-order valence-corrected chi connectivity index (χ3v) is 5.29. The first-order chi connectivity index (χ1) is 15.4. The van der Waals surface area contributed by atoms with Crippen molar-refractivity contribution in [1.29, 1.82) is 0 Å². The van der Waals surface area contributed by atoms with Gasteiger partial charge in [0, 0.05) is 32.3 Å². The number of rotatable bonds is 8. The minimum absolute atomic E-state index is 0.0753. The van der Waals surface area contributed by atoms with E-state index in [1.165, 1.54) is 18.7 Å². The summed E-state index contributed by atoms with van der Waals surface area (Å²) in [6.45, 7) is 6.47. The summed E-state index contributed by atoms with van der Waals surface area (Å²) in [6.07, 6.45) is -1.66. The standard InChI is InChI=1S/C24H31FN4O4/c1-14(2)33-21-9-7-8-17(26-21)22(30)27-18-10-15-12-29(13-20(25)24(3,4)32)23(31)16(15)11-19(18)28(5)6/h7-11,14,20,32H,12-13H2,1-6H3,(H,27,30). The van der Waals surface area contributed by atoms with E-state index in [0.29, 0.717) is 28.4 Å². The largest absolute Gasteiger partial charge is 0.475 e. The molecule has 33 heavy (non-hydrogen) atoms. The van der Waals surface area contributed by atoms with Gasteiger partial charge in [0.2, 0.25) is 5.88 Å². The molecular weight excluding hydrogens is 427 g/mol. The van der Waals surface area contributed by atoms with Crippen molar-refractivity contribution in [2.75, 3.05) is 30.9 Å². The summed E-state index contributed by atoms with van der Waals surface area (Å²) in [5.41, 5.74) is 0.908. The number of aromatic nitrogens is 1. The van der Waals surface area contributed by atoms with Crippen molar-refractivity contribution in [1.82, 2.24) is 9.88 Å². The average Bonchev–Trinajstić information content (AvgIpc) is 3.00. The van der Waals surface area contributed by atoms with Crippen molar-refractivity contribution in [3.05, 3.63) is 47.2 Å². The molecular formula is C24H31FN4O4. The zero-order valence-electron chi connectivity index (χ0n) is 19.8. The number of carbonyl (C=O) groups is 2. The number of nitrogens with zero attached hydrogens (tertiary/aromatic N) is 3. The molecule has 3 rings (SSSR count). The molecule has 2 aromatic rings. The molecule has 0 fully saturated rings. The van der Waals surface area contributed by atoms with Crippen LogP contribution in [-0.4, -0.2) is 65.3 Å². The summed E-state index contributed by atoms with van der Waals surface area (Å²) in [5.74, 6) is -0.370. The smallest absolute Gasteiger partial charge is 0.274 e. The number of carbonyl (C=O) groups excluding carboxylic acids is 2. The molecule has 1 aliphatic heterocycles. The second kappa shape index (κ2) is 9.35. The van der Waals surface area contributed by atoms with Crippen LogP contribution in [0.2, 0.25) is 0 Å². The van der Waals surface area contributed by atoms with Gasteiger partial charge in [-0.25, -0.2) is 9.37 Å². The van der Waals surface area contributed by atoms with Gasteiger partial charge in [0.25, 0.3) is 11.8 Å². The van der Waals surface area contributed by atoms with Gasteiger partial charge in [-0.15, -0.1) is 0 Å². The molecule has 9 heteroatoms. The van der Waals surface area contributed by atoms with E-state index in [4.69, 9.17) is 4.74 Å². The van der Waals surface area contributed by atoms with Crippen molar-refractivity contribution < 1.29 is 23.8 Å². The molecule has 178 valence electrons. The fourth-order valence-electron chi connectivity index (χ4n) is 3.48. The van der Waals surface area contributed by atoms with Gasteiger partial charge in [0.05, 0.1) is 29.6 Å². The molecule has 0 aliphatic carbocycles. The van der Waals surface area contributed by atoms with Crippen molar-refractivity contribution in [3.8, 4) is 5.88 Å². The van der Waals surface area contributed by atoms with Gasteiger partial charge in [-0.1, -0.05) is 6.07 Å². The Morgan fingerprint density at radius 2 is 2.03 bits per heavy atom. The van der Waals surface area contributed by atoms with E-state index in [-0.39, 0.29) is 30.8 Å². The quantitative estimate of drug-likeness (QED) is 0.631. The lowest BCUT2D eigenvalue weighted by Gasteiger charge is -2.26. The van der Waals surface area contributed by atoms with E-state index in [9.17, 15) is 19.1 Å². The summed E-state index contributed by atoms with van der Waals surface area (Å²) in [6, 6.07) is 8.39. The van der Waals surface area contributed by atoms with E-state index >= 15 is 0 Å². The Bertz CT molecular complexity index is 1050. The Labute approximate surface area is 193 Å². The number of anilines is 2. The fourth-order valence-corrected chi connectivity index (χ4v) is 3.48. The van der Waals surface area contributed by atoms with Gasteiger partial charge >= 0.3 is 0 Å². The minimum Gasteiger partial charge on any atom is -0.475 e. The van der Waals surface area contributed by atoms with Crippen molar-refractivity contribution >= 4 is 23.2 Å². The summed E-state index contributed by atoms with van der Waals surface area (Å²) >= 11 is 0. The molecule has 0 saturated carbocycles. The topological polar surface area (TPSA) is 95.0 Å². The molecule has 1 aromatic heterocycles. The lowest BCUT2D eigenvalue weighted by Crippen LogP contribution is -2.42. The normalized spacial score (nSPS) is 14.3. The molecule has 1 aromatic carbocycles. The van der Waals surface area contributed by atoms with Gasteiger partial charge < -0.3 is 25.0 Å². The maximum absolute atomic E-state index is 14.4. The Hall–Kier alpha value is -3.20. The number of aliphatic hydroxyl groups is 1. The van der Waals surface area contributed by atoms with Crippen LogP contribution >= 0.6 is 0 Å². The van der Waals surface area contributed by atoms with E-state index in [1.54, 1.807) is 49.3 Å². The van der Waals surface area contributed by atoms with E-state index in [0.717, 1.165) is 0 Å². The highest BCUT2D eigenvalue weighted by Gasteiger charge is 2.35. The average molecular weight is 459 g/mol. The minimum atomic E-state index is -1.59. The second-order valence-electron chi connectivity index (χ2n) is 9.21. The third-order valence-electron chi connectivity index (χ3n) is 5.29. The number of hydrogen-bond donors (Lipinski definition) is 2. The first kappa shape index (κ1) is 24.4. The SMILES string of the molecule is CC(C)Oc1cccc(C(=O)Nc2cc3c(cc2N(C)C)C(=O)N(CC(F)C(C)(C)O)C3)n1. The van der Waals surface area contributed by atoms with Crippen molar-refractivity contribution in [2.45, 2.75) is 52.1 Å². The molecule has 0 saturated heterocycles. The van der Waals surface area contributed by atoms with Crippen LogP contribution in [0.3, 0.4) is 0 Å². The number of nitrogens with one attached hydrogen (secondary N) is 1.